The Bertz CT molecular complexity index is 529. The Morgan fingerprint density at radius 2 is 1.87 bits per heavy atom. The summed E-state index contributed by atoms with van der Waals surface area (Å²) >= 11 is 0. The normalized spacial score (nSPS) is 14.6. The fourth-order valence-electron chi connectivity index (χ4n) is 2.44. The molecule has 2 N–H and O–H groups in total. The number of halogens is 1. The molecule has 0 radical (unpaired) electrons. The lowest BCUT2D eigenvalue weighted by atomic mass is 10.1. The molecular weight excluding hydrogens is 314 g/mol. The smallest absolute Gasteiger partial charge is 0.228 e. The first-order valence-corrected chi connectivity index (χ1v) is 7.83. The van der Waals surface area contributed by atoms with E-state index in [1.165, 1.54) is 0 Å². The zero-order valence-electron chi connectivity index (χ0n) is 14.0. The summed E-state index contributed by atoms with van der Waals surface area (Å²) in [7, 11) is 1.83. The van der Waals surface area contributed by atoms with E-state index in [2.05, 4.69) is 10.6 Å². The van der Waals surface area contributed by atoms with E-state index < -0.39 is 0 Å². The fourth-order valence-corrected chi connectivity index (χ4v) is 2.44. The van der Waals surface area contributed by atoms with E-state index >= 15 is 0 Å². The van der Waals surface area contributed by atoms with Crippen LogP contribution in [-0.2, 0) is 16.1 Å². The molecule has 1 aromatic rings. The monoisotopic (exact) mass is 339 g/mol. The molecule has 0 aromatic heterocycles. The summed E-state index contributed by atoms with van der Waals surface area (Å²) in [6.07, 6.45) is 2.22. The van der Waals surface area contributed by atoms with E-state index in [4.69, 9.17) is 0 Å². The summed E-state index contributed by atoms with van der Waals surface area (Å²) in [4.78, 5) is 25.5. The number of nitrogens with zero attached hydrogens (tertiary/aromatic N) is 1. The summed E-state index contributed by atoms with van der Waals surface area (Å²) in [5.74, 6) is 0.0546. The SMILES string of the molecule is CNCC(C)C(=O)Nc1ccc(CN(C(C)=O)C2CC2)cc1.Cl. The van der Waals surface area contributed by atoms with Gasteiger partial charge in [0.05, 0.1) is 0 Å². The van der Waals surface area contributed by atoms with Gasteiger partial charge in [0.15, 0.2) is 0 Å². The van der Waals surface area contributed by atoms with Crippen molar-refractivity contribution in [2.45, 2.75) is 39.3 Å². The number of benzene rings is 1. The molecule has 2 rings (SSSR count). The lowest BCUT2D eigenvalue weighted by Gasteiger charge is -2.20. The number of hydrogen-bond donors (Lipinski definition) is 2. The molecule has 23 heavy (non-hydrogen) atoms. The van der Waals surface area contributed by atoms with Gasteiger partial charge >= 0.3 is 0 Å². The second-order valence-electron chi connectivity index (χ2n) is 6.02. The van der Waals surface area contributed by atoms with Crippen LogP contribution in [0, 0.1) is 5.92 Å². The van der Waals surface area contributed by atoms with Crippen LogP contribution in [0.5, 0.6) is 0 Å². The van der Waals surface area contributed by atoms with Crippen molar-refractivity contribution in [2.24, 2.45) is 5.92 Å². The van der Waals surface area contributed by atoms with Crippen LogP contribution in [-0.4, -0.2) is 36.3 Å². The first kappa shape index (κ1) is 19.5. The third-order valence-corrected chi connectivity index (χ3v) is 3.92. The quantitative estimate of drug-likeness (QED) is 0.802. The van der Waals surface area contributed by atoms with Crippen LogP contribution in [0.2, 0.25) is 0 Å². The molecule has 1 unspecified atom stereocenters. The fraction of sp³-hybridized carbons (Fsp3) is 0.529. The maximum absolute atomic E-state index is 11.9. The molecule has 1 atom stereocenters. The number of anilines is 1. The summed E-state index contributed by atoms with van der Waals surface area (Å²) in [5, 5.41) is 5.90. The Hall–Kier alpha value is -1.59. The van der Waals surface area contributed by atoms with Gasteiger partial charge in [-0.3, -0.25) is 9.59 Å². The van der Waals surface area contributed by atoms with E-state index in [-0.39, 0.29) is 30.1 Å². The molecule has 0 spiro atoms. The maximum Gasteiger partial charge on any atom is 0.228 e. The largest absolute Gasteiger partial charge is 0.336 e. The van der Waals surface area contributed by atoms with Crippen LogP contribution in [0.3, 0.4) is 0 Å². The van der Waals surface area contributed by atoms with Crippen molar-refractivity contribution in [3.63, 3.8) is 0 Å². The third-order valence-electron chi connectivity index (χ3n) is 3.92. The van der Waals surface area contributed by atoms with Crippen LogP contribution < -0.4 is 10.6 Å². The van der Waals surface area contributed by atoms with Crippen LogP contribution >= 0.6 is 12.4 Å². The Labute approximate surface area is 144 Å². The van der Waals surface area contributed by atoms with Crippen LogP contribution in [0.1, 0.15) is 32.3 Å². The van der Waals surface area contributed by atoms with Gasteiger partial charge in [0.1, 0.15) is 0 Å². The van der Waals surface area contributed by atoms with Crippen molar-refractivity contribution in [1.82, 2.24) is 10.2 Å². The molecule has 5 nitrogen and oxygen atoms in total. The van der Waals surface area contributed by atoms with Crippen molar-refractivity contribution < 1.29 is 9.59 Å². The molecule has 1 saturated carbocycles. The summed E-state index contributed by atoms with van der Waals surface area (Å²) in [5.41, 5.74) is 1.88. The molecule has 1 fully saturated rings. The Balaban J connectivity index is 0.00000264. The predicted octanol–water partition coefficient (Wildman–Crippen LogP) is 2.41. The Morgan fingerprint density at radius 3 is 2.35 bits per heavy atom. The molecular formula is C17H26ClN3O2. The highest BCUT2D eigenvalue weighted by Gasteiger charge is 2.30. The lowest BCUT2D eigenvalue weighted by molar-refractivity contribution is -0.130. The van der Waals surface area contributed by atoms with Gasteiger partial charge in [0.25, 0.3) is 0 Å². The summed E-state index contributed by atoms with van der Waals surface area (Å²) in [6.45, 7) is 4.81. The predicted molar refractivity (Wildman–Crippen MR) is 94.7 cm³/mol. The molecule has 1 aliphatic carbocycles. The molecule has 128 valence electrons. The van der Waals surface area contributed by atoms with Crippen LogP contribution in [0.25, 0.3) is 0 Å². The lowest BCUT2D eigenvalue weighted by Crippen LogP contribution is -2.30. The first-order valence-electron chi connectivity index (χ1n) is 7.83. The Kier molecular flexibility index (Phi) is 7.52. The number of amides is 2. The Morgan fingerprint density at radius 1 is 1.26 bits per heavy atom. The van der Waals surface area contributed by atoms with Crippen molar-refractivity contribution in [3.05, 3.63) is 29.8 Å². The van der Waals surface area contributed by atoms with E-state index in [0.29, 0.717) is 19.1 Å². The molecule has 0 aliphatic heterocycles. The number of rotatable bonds is 7. The van der Waals surface area contributed by atoms with E-state index in [9.17, 15) is 9.59 Å². The average molecular weight is 340 g/mol. The molecule has 1 aliphatic rings. The number of carbonyl (C=O) groups is 2. The van der Waals surface area contributed by atoms with E-state index in [1.807, 2.05) is 43.1 Å². The van der Waals surface area contributed by atoms with E-state index in [0.717, 1.165) is 24.1 Å². The van der Waals surface area contributed by atoms with Gasteiger partial charge in [-0.05, 0) is 37.6 Å². The minimum absolute atomic E-state index is 0. The van der Waals surface area contributed by atoms with Gasteiger partial charge in [-0.1, -0.05) is 19.1 Å². The van der Waals surface area contributed by atoms with Crippen LogP contribution in [0.4, 0.5) is 5.69 Å². The highest BCUT2D eigenvalue weighted by molar-refractivity contribution is 5.92. The standard InChI is InChI=1S/C17H25N3O2.ClH/c1-12(10-18-3)17(22)19-15-6-4-14(5-7-15)11-20(13(2)21)16-8-9-16;/h4-7,12,16,18H,8-11H2,1-3H3,(H,19,22);1H. The zero-order chi connectivity index (χ0) is 16.1. The number of nitrogens with one attached hydrogen (secondary N) is 2. The van der Waals surface area contributed by atoms with Gasteiger partial charge < -0.3 is 15.5 Å². The van der Waals surface area contributed by atoms with Gasteiger partial charge in [0.2, 0.25) is 11.8 Å². The molecule has 6 heteroatoms. The van der Waals surface area contributed by atoms with Gasteiger partial charge in [-0.15, -0.1) is 12.4 Å². The molecule has 1 aromatic carbocycles. The molecule has 0 saturated heterocycles. The molecule has 2 amide bonds. The molecule has 0 heterocycles. The van der Waals surface area contributed by atoms with Crippen molar-refractivity contribution in [3.8, 4) is 0 Å². The topological polar surface area (TPSA) is 61.4 Å². The van der Waals surface area contributed by atoms with Gasteiger partial charge in [0, 0.05) is 37.7 Å². The summed E-state index contributed by atoms with van der Waals surface area (Å²) in [6, 6.07) is 8.14. The van der Waals surface area contributed by atoms with Crippen molar-refractivity contribution >= 4 is 29.9 Å². The minimum atomic E-state index is -0.0762. The number of hydrogen-bond acceptors (Lipinski definition) is 3. The van der Waals surface area contributed by atoms with Crippen molar-refractivity contribution in [1.29, 1.82) is 0 Å². The van der Waals surface area contributed by atoms with Gasteiger partial charge in [-0.25, -0.2) is 0 Å². The first-order chi connectivity index (χ1) is 10.5. The minimum Gasteiger partial charge on any atom is -0.336 e. The highest BCUT2D eigenvalue weighted by atomic mass is 35.5. The molecule has 0 bridgehead atoms. The second-order valence-corrected chi connectivity index (χ2v) is 6.02. The number of carbonyl (C=O) groups excluding carboxylic acids is 2. The van der Waals surface area contributed by atoms with Crippen molar-refractivity contribution in [2.75, 3.05) is 18.9 Å². The van der Waals surface area contributed by atoms with Gasteiger partial charge in [-0.2, -0.15) is 0 Å². The zero-order valence-corrected chi connectivity index (χ0v) is 14.8. The summed E-state index contributed by atoms with van der Waals surface area (Å²) < 4.78 is 0. The average Bonchev–Trinajstić information content (AvgIpc) is 3.30. The third kappa shape index (κ3) is 5.84. The van der Waals surface area contributed by atoms with Crippen LogP contribution in [0.15, 0.2) is 24.3 Å². The van der Waals surface area contributed by atoms with E-state index in [1.54, 1.807) is 6.92 Å². The second kappa shape index (κ2) is 8.89. The highest BCUT2D eigenvalue weighted by Crippen LogP contribution is 2.28. The maximum atomic E-state index is 11.9.